The lowest BCUT2D eigenvalue weighted by atomic mass is 9.71. The van der Waals surface area contributed by atoms with E-state index in [0.717, 1.165) is 43.8 Å². The standard InChI is InChI=1S/C28H32N2O4/c1-3-33-23-12-7-4-9-20(23)19-30-16-14-28(15-17-30)22-11-6-5-10-21(22)25(26(28)32-2)29-27(31)24-13-8-18-34-24/h4-13,18,25-26H,3,14-17,19H2,1-2H3,(H,29,31)/t25-,26+/m1/s1. The normalized spacial score (nSPS) is 21.4. The molecular formula is C28H32N2O4. The summed E-state index contributed by atoms with van der Waals surface area (Å²) < 4.78 is 17.3. The molecule has 1 amide bonds. The number of amides is 1. The number of hydrogen-bond donors (Lipinski definition) is 1. The lowest BCUT2D eigenvalue weighted by Crippen LogP contribution is -2.50. The molecule has 2 aliphatic rings. The average Bonchev–Trinajstić information content (AvgIpc) is 3.49. The highest BCUT2D eigenvalue weighted by atomic mass is 16.5. The second-order valence-corrected chi connectivity index (χ2v) is 9.15. The fraction of sp³-hybridized carbons (Fsp3) is 0.393. The molecule has 1 N–H and O–H groups in total. The van der Waals surface area contributed by atoms with Crippen molar-refractivity contribution in [2.45, 2.75) is 43.9 Å². The van der Waals surface area contributed by atoms with Crippen molar-refractivity contribution < 1.29 is 18.7 Å². The van der Waals surface area contributed by atoms with Crippen molar-refractivity contribution in [1.82, 2.24) is 10.2 Å². The Balaban J connectivity index is 1.36. The van der Waals surface area contributed by atoms with Crippen LogP contribution >= 0.6 is 0 Å². The first-order chi connectivity index (χ1) is 16.7. The Morgan fingerprint density at radius 2 is 1.85 bits per heavy atom. The molecule has 5 rings (SSSR count). The van der Waals surface area contributed by atoms with E-state index in [0.29, 0.717) is 12.4 Å². The fourth-order valence-electron chi connectivity index (χ4n) is 5.83. The second kappa shape index (κ2) is 9.65. The van der Waals surface area contributed by atoms with Gasteiger partial charge in [-0.1, -0.05) is 42.5 Å². The number of carbonyl (C=O) groups is 1. The van der Waals surface area contributed by atoms with Gasteiger partial charge in [-0.3, -0.25) is 9.69 Å². The molecular weight excluding hydrogens is 428 g/mol. The van der Waals surface area contributed by atoms with Gasteiger partial charge in [0, 0.05) is 24.6 Å². The molecule has 1 aliphatic carbocycles. The number of ether oxygens (including phenoxy) is 2. The highest BCUT2D eigenvalue weighted by Gasteiger charge is 2.54. The van der Waals surface area contributed by atoms with Crippen molar-refractivity contribution in [3.63, 3.8) is 0 Å². The van der Waals surface area contributed by atoms with Gasteiger partial charge in [0.1, 0.15) is 5.75 Å². The largest absolute Gasteiger partial charge is 0.494 e. The van der Waals surface area contributed by atoms with Crippen molar-refractivity contribution in [2.24, 2.45) is 0 Å². The van der Waals surface area contributed by atoms with E-state index < -0.39 is 0 Å². The number of carbonyl (C=O) groups excluding carboxylic acids is 1. The van der Waals surface area contributed by atoms with E-state index in [2.05, 4.69) is 40.5 Å². The zero-order chi connectivity index (χ0) is 23.5. The summed E-state index contributed by atoms with van der Waals surface area (Å²) in [6.07, 6.45) is 3.31. The molecule has 6 heteroatoms. The van der Waals surface area contributed by atoms with Crippen LogP contribution in [0, 0.1) is 0 Å². The summed E-state index contributed by atoms with van der Waals surface area (Å²) in [5.41, 5.74) is 3.52. The highest BCUT2D eigenvalue weighted by Crippen LogP contribution is 2.52. The van der Waals surface area contributed by atoms with E-state index in [9.17, 15) is 4.79 Å². The molecule has 1 fully saturated rings. The highest BCUT2D eigenvalue weighted by molar-refractivity contribution is 5.91. The lowest BCUT2D eigenvalue weighted by molar-refractivity contribution is -0.0124. The molecule has 1 saturated heterocycles. The molecule has 178 valence electrons. The molecule has 6 nitrogen and oxygen atoms in total. The zero-order valence-electron chi connectivity index (χ0n) is 19.8. The summed E-state index contributed by atoms with van der Waals surface area (Å²) >= 11 is 0. The van der Waals surface area contributed by atoms with E-state index in [1.807, 2.05) is 25.1 Å². The van der Waals surface area contributed by atoms with Gasteiger partial charge in [0.05, 0.1) is 25.0 Å². The number of likely N-dealkylation sites (tertiary alicyclic amines) is 1. The number of fused-ring (bicyclic) bond motifs is 2. The topological polar surface area (TPSA) is 63.9 Å². The Hall–Kier alpha value is -3.09. The van der Waals surface area contributed by atoms with Gasteiger partial charge >= 0.3 is 0 Å². The number of rotatable bonds is 7. The molecule has 34 heavy (non-hydrogen) atoms. The number of hydrogen-bond acceptors (Lipinski definition) is 5. The first kappa shape index (κ1) is 22.7. The van der Waals surface area contributed by atoms with Crippen LogP contribution in [0.15, 0.2) is 71.3 Å². The Morgan fingerprint density at radius 3 is 2.59 bits per heavy atom. The van der Waals surface area contributed by atoms with Crippen molar-refractivity contribution in [3.05, 3.63) is 89.4 Å². The minimum absolute atomic E-state index is 0.137. The number of piperidine rings is 1. The van der Waals surface area contributed by atoms with Gasteiger partial charge in [-0.2, -0.15) is 0 Å². The second-order valence-electron chi connectivity index (χ2n) is 9.15. The van der Waals surface area contributed by atoms with Gasteiger partial charge in [-0.05, 0) is 62.2 Å². The third-order valence-electron chi connectivity index (χ3n) is 7.38. The third kappa shape index (κ3) is 4.01. The van der Waals surface area contributed by atoms with Crippen LogP contribution in [0.2, 0.25) is 0 Å². The molecule has 0 bridgehead atoms. The van der Waals surface area contributed by atoms with Gasteiger partial charge in [-0.15, -0.1) is 0 Å². The summed E-state index contributed by atoms with van der Waals surface area (Å²) in [4.78, 5) is 15.4. The Labute approximate surface area is 200 Å². The molecule has 2 heterocycles. The van der Waals surface area contributed by atoms with Crippen LogP contribution in [0.5, 0.6) is 5.75 Å². The number of methoxy groups -OCH3 is 1. The van der Waals surface area contributed by atoms with Crippen molar-refractivity contribution in [3.8, 4) is 5.75 Å². The zero-order valence-corrected chi connectivity index (χ0v) is 19.8. The summed E-state index contributed by atoms with van der Waals surface area (Å²) in [6.45, 7) is 5.45. The Kier molecular flexibility index (Phi) is 6.44. The first-order valence-corrected chi connectivity index (χ1v) is 12.1. The van der Waals surface area contributed by atoms with E-state index in [4.69, 9.17) is 13.9 Å². The van der Waals surface area contributed by atoms with Gasteiger partial charge in [0.2, 0.25) is 0 Å². The van der Waals surface area contributed by atoms with Crippen LogP contribution in [0.3, 0.4) is 0 Å². The molecule has 2 atom stereocenters. The summed E-state index contributed by atoms with van der Waals surface area (Å²) in [7, 11) is 1.76. The predicted octanol–water partition coefficient (Wildman–Crippen LogP) is 4.71. The lowest BCUT2D eigenvalue weighted by Gasteiger charge is -2.44. The molecule has 1 spiro atoms. The summed E-state index contributed by atoms with van der Waals surface area (Å²) in [6, 6.07) is 19.9. The summed E-state index contributed by atoms with van der Waals surface area (Å²) in [5, 5.41) is 3.19. The first-order valence-electron chi connectivity index (χ1n) is 12.1. The quantitative estimate of drug-likeness (QED) is 0.553. The van der Waals surface area contributed by atoms with Crippen molar-refractivity contribution >= 4 is 5.91 Å². The van der Waals surface area contributed by atoms with Gasteiger partial charge < -0.3 is 19.2 Å². The summed E-state index contributed by atoms with van der Waals surface area (Å²) in [5.74, 6) is 1.07. The van der Waals surface area contributed by atoms with E-state index in [-0.39, 0.29) is 23.5 Å². The van der Waals surface area contributed by atoms with Crippen LogP contribution in [0.4, 0.5) is 0 Å². The smallest absolute Gasteiger partial charge is 0.287 e. The third-order valence-corrected chi connectivity index (χ3v) is 7.38. The molecule has 0 unspecified atom stereocenters. The maximum absolute atomic E-state index is 12.9. The monoisotopic (exact) mass is 460 g/mol. The van der Waals surface area contributed by atoms with Gasteiger partial charge in [-0.25, -0.2) is 0 Å². The van der Waals surface area contributed by atoms with E-state index in [1.165, 1.54) is 17.4 Å². The number of nitrogens with one attached hydrogen (secondary N) is 1. The van der Waals surface area contributed by atoms with E-state index in [1.54, 1.807) is 19.2 Å². The van der Waals surface area contributed by atoms with Crippen LogP contribution in [-0.2, 0) is 16.7 Å². The maximum Gasteiger partial charge on any atom is 0.287 e. The average molecular weight is 461 g/mol. The van der Waals surface area contributed by atoms with Crippen LogP contribution in [0.25, 0.3) is 0 Å². The van der Waals surface area contributed by atoms with Crippen LogP contribution < -0.4 is 10.1 Å². The Morgan fingerprint density at radius 1 is 1.09 bits per heavy atom. The number of furan rings is 1. The van der Waals surface area contributed by atoms with Crippen LogP contribution in [0.1, 0.15) is 53.1 Å². The number of nitrogens with zero attached hydrogens (tertiary/aromatic N) is 1. The van der Waals surface area contributed by atoms with Gasteiger partial charge in [0.25, 0.3) is 5.91 Å². The van der Waals surface area contributed by atoms with Crippen LogP contribution in [-0.4, -0.2) is 43.7 Å². The number of para-hydroxylation sites is 1. The molecule has 0 radical (unpaired) electrons. The fourth-order valence-corrected chi connectivity index (χ4v) is 5.83. The molecule has 0 saturated carbocycles. The SMILES string of the molecule is CCOc1ccccc1CN1CCC2(CC1)c1ccccc1[C@@H](NC(=O)c1ccco1)[C@@H]2OC. The molecule has 2 aromatic carbocycles. The Bertz CT molecular complexity index is 1120. The minimum atomic E-state index is -0.218. The maximum atomic E-state index is 12.9. The van der Waals surface area contributed by atoms with E-state index >= 15 is 0 Å². The molecule has 1 aromatic heterocycles. The molecule has 3 aromatic rings. The van der Waals surface area contributed by atoms with Crippen molar-refractivity contribution in [1.29, 1.82) is 0 Å². The number of benzene rings is 2. The van der Waals surface area contributed by atoms with Gasteiger partial charge in [0.15, 0.2) is 5.76 Å². The minimum Gasteiger partial charge on any atom is -0.494 e. The predicted molar refractivity (Wildman–Crippen MR) is 130 cm³/mol. The van der Waals surface area contributed by atoms with Crippen molar-refractivity contribution in [2.75, 3.05) is 26.8 Å². The molecule has 1 aliphatic heterocycles.